The van der Waals surface area contributed by atoms with Crippen LogP contribution in [0.4, 0.5) is 0 Å². The van der Waals surface area contributed by atoms with Crippen molar-refractivity contribution in [3.05, 3.63) is 29.5 Å². The van der Waals surface area contributed by atoms with Gasteiger partial charge in [-0.2, -0.15) is 0 Å². The van der Waals surface area contributed by atoms with Gasteiger partial charge >= 0.3 is 0 Å². The summed E-state index contributed by atoms with van der Waals surface area (Å²) < 4.78 is 0. The predicted molar refractivity (Wildman–Crippen MR) is 93.1 cm³/mol. The molecule has 2 heterocycles. The Balaban J connectivity index is 0.00000220. The van der Waals surface area contributed by atoms with Crippen LogP contribution in [0.1, 0.15) is 23.0 Å². The Labute approximate surface area is 146 Å². The summed E-state index contributed by atoms with van der Waals surface area (Å²) in [5.74, 6) is 0.434. The van der Waals surface area contributed by atoms with E-state index in [1.807, 2.05) is 0 Å². The number of thiazole rings is 1. The minimum absolute atomic E-state index is 0. The second-order valence-corrected chi connectivity index (χ2v) is 5.14. The minimum Gasteiger partial charge on any atom is -0.350 e. The van der Waals surface area contributed by atoms with Crippen molar-refractivity contribution in [2.24, 2.45) is 0 Å². The zero-order valence-electron chi connectivity index (χ0n) is 12.1. The van der Waals surface area contributed by atoms with Gasteiger partial charge in [0.25, 0.3) is 5.91 Å². The summed E-state index contributed by atoms with van der Waals surface area (Å²) in [5, 5.41) is 6.73. The van der Waals surface area contributed by atoms with Crippen LogP contribution in [-0.2, 0) is 0 Å². The molecule has 0 aliphatic carbocycles. The van der Waals surface area contributed by atoms with Crippen molar-refractivity contribution in [3.8, 4) is 10.8 Å². The van der Waals surface area contributed by atoms with E-state index in [1.54, 1.807) is 24.7 Å². The first-order valence-electron chi connectivity index (χ1n) is 6.53. The number of aromatic nitrogens is 3. The van der Waals surface area contributed by atoms with E-state index < -0.39 is 0 Å². The summed E-state index contributed by atoms with van der Waals surface area (Å²) in [6.07, 6.45) is 5.96. The SMILES string of the molecule is CCCNCCNC(=O)c1cnc(-c2ncccn2)s1.Cl.Cl. The molecule has 0 fully saturated rings. The van der Waals surface area contributed by atoms with E-state index in [4.69, 9.17) is 0 Å². The maximum absolute atomic E-state index is 11.9. The quantitative estimate of drug-likeness (QED) is 0.736. The highest BCUT2D eigenvalue weighted by Crippen LogP contribution is 2.21. The van der Waals surface area contributed by atoms with Gasteiger partial charge in [0.05, 0.1) is 6.20 Å². The van der Waals surface area contributed by atoms with Gasteiger partial charge in [-0.25, -0.2) is 15.0 Å². The summed E-state index contributed by atoms with van der Waals surface area (Å²) in [6.45, 7) is 4.45. The molecule has 0 aliphatic heterocycles. The third kappa shape index (κ3) is 6.23. The Kier molecular flexibility index (Phi) is 10.7. The van der Waals surface area contributed by atoms with E-state index in [2.05, 4.69) is 32.5 Å². The van der Waals surface area contributed by atoms with Gasteiger partial charge in [-0.15, -0.1) is 36.2 Å². The molecule has 0 saturated heterocycles. The van der Waals surface area contributed by atoms with E-state index >= 15 is 0 Å². The highest BCUT2D eigenvalue weighted by atomic mass is 35.5. The van der Waals surface area contributed by atoms with Gasteiger partial charge in [0, 0.05) is 25.5 Å². The van der Waals surface area contributed by atoms with E-state index in [-0.39, 0.29) is 30.7 Å². The van der Waals surface area contributed by atoms with Crippen molar-refractivity contribution >= 4 is 42.1 Å². The van der Waals surface area contributed by atoms with Crippen LogP contribution < -0.4 is 10.6 Å². The average molecular weight is 364 g/mol. The van der Waals surface area contributed by atoms with Gasteiger partial charge in [0.2, 0.25) is 0 Å². The molecular formula is C13H19Cl2N5OS. The average Bonchev–Trinajstić information content (AvgIpc) is 2.98. The Bertz CT molecular complexity index is 552. The summed E-state index contributed by atoms with van der Waals surface area (Å²) in [7, 11) is 0. The van der Waals surface area contributed by atoms with Crippen LogP contribution in [0.2, 0.25) is 0 Å². The molecule has 0 bridgehead atoms. The lowest BCUT2D eigenvalue weighted by Crippen LogP contribution is -2.31. The molecule has 2 aromatic rings. The van der Waals surface area contributed by atoms with E-state index in [1.165, 1.54) is 11.3 Å². The second kappa shape index (κ2) is 11.3. The van der Waals surface area contributed by atoms with Crippen molar-refractivity contribution in [2.75, 3.05) is 19.6 Å². The molecule has 6 nitrogen and oxygen atoms in total. The molecule has 0 atom stereocenters. The zero-order chi connectivity index (χ0) is 14.2. The molecule has 0 unspecified atom stereocenters. The lowest BCUT2D eigenvalue weighted by atomic mass is 10.4. The number of rotatable bonds is 7. The van der Waals surface area contributed by atoms with Crippen molar-refractivity contribution in [2.45, 2.75) is 13.3 Å². The summed E-state index contributed by atoms with van der Waals surface area (Å²) in [6, 6.07) is 1.74. The van der Waals surface area contributed by atoms with E-state index in [0.717, 1.165) is 19.5 Å². The lowest BCUT2D eigenvalue weighted by molar-refractivity contribution is 0.0958. The largest absolute Gasteiger partial charge is 0.350 e. The fourth-order valence-corrected chi connectivity index (χ4v) is 2.33. The molecule has 0 saturated carbocycles. The zero-order valence-corrected chi connectivity index (χ0v) is 14.6. The first-order chi connectivity index (χ1) is 9.81. The third-order valence-electron chi connectivity index (χ3n) is 2.50. The molecule has 9 heteroatoms. The van der Waals surface area contributed by atoms with Crippen molar-refractivity contribution in [1.29, 1.82) is 0 Å². The Morgan fingerprint density at radius 1 is 1.14 bits per heavy atom. The molecular weight excluding hydrogens is 345 g/mol. The maximum Gasteiger partial charge on any atom is 0.263 e. The summed E-state index contributed by atoms with van der Waals surface area (Å²) in [5.41, 5.74) is 0. The van der Waals surface area contributed by atoms with Gasteiger partial charge < -0.3 is 10.6 Å². The van der Waals surface area contributed by atoms with Gasteiger partial charge in [-0.1, -0.05) is 6.92 Å². The van der Waals surface area contributed by atoms with Crippen molar-refractivity contribution < 1.29 is 4.79 Å². The number of nitrogens with one attached hydrogen (secondary N) is 2. The third-order valence-corrected chi connectivity index (χ3v) is 3.49. The van der Waals surface area contributed by atoms with E-state index in [0.29, 0.717) is 22.3 Å². The van der Waals surface area contributed by atoms with Crippen LogP contribution >= 0.6 is 36.2 Å². The summed E-state index contributed by atoms with van der Waals surface area (Å²) >= 11 is 1.29. The molecule has 2 aromatic heterocycles. The predicted octanol–water partition coefficient (Wildman–Crippen LogP) is 2.17. The highest BCUT2D eigenvalue weighted by molar-refractivity contribution is 7.16. The van der Waals surface area contributed by atoms with Crippen LogP contribution in [0, 0.1) is 0 Å². The minimum atomic E-state index is -0.108. The molecule has 122 valence electrons. The normalized spacial score (nSPS) is 9.50. The molecule has 2 rings (SSSR count). The summed E-state index contributed by atoms with van der Waals surface area (Å²) in [4.78, 5) is 24.9. The lowest BCUT2D eigenvalue weighted by Gasteiger charge is -2.04. The number of carbonyl (C=O) groups is 1. The molecule has 0 aliphatic rings. The van der Waals surface area contributed by atoms with Crippen molar-refractivity contribution in [1.82, 2.24) is 25.6 Å². The molecule has 0 radical (unpaired) electrons. The first-order valence-corrected chi connectivity index (χ1v) is 7.35. The van der Waals surface area contributed by atoms with Gasteiger partial charge in [-0.3, -0.25) is 4.79 Å². The second-order valence-electron chi connectivity index (χ2n) is 4.11. The number of carbonyl (C=O) groups excluding carboxylic acids is 1. The number of amides is 1. The Hall–Kier alpha value is -1.28. The monoisotopic (exact) mass is 363 g/mol. The van der Waals surface area contributed by atoms with Crippen LogP contribution in [0.3, 0.4) is 0 Å². The topological polar surface area (TPSA) is 79.8 Å². The number of hydrogen-bond acceptors (Lipinski definition) is 6. The Morgan fingerprint density at radius 3 is 2.55 bits per heavy atom. The van der Waals surface area contributed by atoms with Gasteiger partial charge in [0.1, 0.15) is 4.88 Å². The fourth-order valence-electron chi connectivity index (χ4n) is 1.55. The first kappa shape index (κ1) is 20.7. The van der Waals surface area contributed by atoms with Gasteiger partial charge in [-0.05, 0) is 19.0 Å². The molecule has 22 heavy (non-hydrogen) atoms. The van der Waals surface area contributed by atoms with Crippen LogP contribution in [0.5, 0.6) is 0 Å². The fraction of sp³-hybridized carbons (Fsp3) is 0.385. The standard InChI is InChI=1S/C13H17N5OS.2ClH/c1-2-4-14-7-8-17-12(19)10-9-18-13(20-10)11-15-5-3-6-16-11;;/h3,5-6,9,14H,2,4,7-8H2,1H3,(H,17,19);2*1H. The van der Waals surface area contributed by atoms with E-state index in [9.17, 15) is 4.79 Å². The van der Waals surface area contributed by atoms with Crippen LogP contribution in [0.15, 0.2) is 24.7 Å². The highest BCUT2D eigenvalue weighted by Gasteiger charge is 2.12. The number of hydrogen-bond donors (Lipinski definition) is 2. The van der Waals surface area contributed by atoms with Gasteiger partial charge in [0.15, 0.2) is 10.8 Å². The molecule has 2 N–H and O–H groups in total. The molecule has 0 spiro atoms. The van der Waals surface area contributed by atoms with Crippen LogP contribution in [0.25, 0.3) is 10.8 Å². The molecule has 1 amide bonds. The number of nitrogens with zero attached hydrogens (tertiary/aromatic N) is 3. The van der Waals surface area contributed by atoms with Crippen molar-refractivity contribution in [3.63, 3.8) is 0 Å². The Morgan fingerprint density at radius 2 is 1.86 bits per heavy atom. The smallest absolute Gasteiger partial charge is 0.263 e. The number of halogens is 2. The van der Waals surface area contributed by atoms with Crippen LogP contribution in [-0.4, -0.2) is 40.5 Å². The maximum atomic E-state index is 11.9. The molecule has 0 aromatic carbocycles.